The zero-order valence-electron chi connectivity index (χ0n) is 21.9. The number of rotatable bonds is 13. The van der Waals surface area contributed by atoms with Crippen LogP contribution in [0, 0.1) is 17.8 Å². The van der Waals surface area contributed by atoms with Gasteiger partial charge in [-0.1, -0.05) is 68.7 Å². The molecule has 0 radical (unpaired) electrons. The van der Waals surface area contributed by atoms with Gasteiger partial charge in [-0.2, -0.15) is 0 Å². The van der Waals surface area contributed by atoms with Crippen LogP contribution in [0.2, 0.25) is 0 Å². The topological polar surface area (TPSA) is 76.0 Å². The highest BCUT2D eigenvalue weighted by molar-refractivity contribution is 5.71. The third-order valence-electron chi connectivity index (χ3n) is 7.88. The van der Waals surface area contributed by atoms with Gasteiger partial charge >= 0.3 is 5.97 Å². The molecule has 5 nitrogen and oxygen atoms in total. The first-order valence-corrected chi connectivity index (χ1v) is 13.3. The number of aliphatic hydroxyl groups is 2. The van der Waals surface area contributed by atoms with Crippen LogP contribution in [-0.4, -0.2) is 36.4 Å². The lowest BCUT2D eigenvalue weighted by Gasteiger charge is -2.32. The van der Waals surface area contributed by atoms with E-state index in [1.165, 1.54) is 11.1 Å². The van der Waals surface area contributed by atoms with Crippen molar-refractivity contribution in [3.8, 4) is 5.75 Å². The van der Waals surface area contributed by atoms with Gasteiger partial charge in [0.15, 0.2) is 6.61 Å². The van der Waals surface area contributed by atoms with Crippen molar-refractivity contribution in [1.29, 1.82) is 1.43 Å². The third kappa shape index (κ3) is 6.86. The van der Waals surface area contributed by atoms with Gasteiger partial charge in [-0.05, 0) is 79.0 Å². The number of ether oxygens (including phenoxy) is 2. The molecule has 0 aromatic heterocycles. The summed E-state index contributed by atoms with van der Waals surface area (Å²) in [6.07, 6.45) is 8.22. The highest BCUT2D eigenvalue weighted by atomic mass is 16.6. The lowest BCUT2D eigenvalue weighted by Crippen LogP contribution is -2.28. The Balaban J connectivity index is 1.34. The Bertz CT molecular complexity index is 965. The summed E-state index contributed by atoms with van der Waals surface area (Å²) in [5.41, 5.74) is 3.37. The molecule has 5 unspecified atom stereocenters. The van der Waals surface area contributed by atoms with Crippen LogP contribution in [0.1, 0.15) is 68.6 Å². The molecule has 190 valence electrons. The maximum Gasteiger partial charge on any atom is 0.344 e. The van der Waals surface area contributed by atoms with Gasteiger partial charge in [-0.3, -0.25) is 0 Å². The lowest BCUT2D eigenvalue weighted by molar-refractivity contribution is -0.147. The van der Waals surface area contributed by atoms with Gasteiger partial charge in [0, 0.05) is 0 Å². The highest BCUT2D eigenvalue weighted by Gasteiger charge is 2.44. The van der Waals surface area contributed by atoms with Gasteiger partial charge in [-0.15, -0.1) is 0 Å². The van der Waals surface area contributed by atoms with Crippen molar-refractivity contribution in [2.24, 2.45) is 17.8 Å². The number of unbranched alkanes of at least 4 members (excludes halogenated alkanes) is 2. The number of hydrogen-bond donors (Lipinski definition) is 2. The number of carbonyl (C=O) groups excluding carboxylic acids is 1. The van der Waals surface area contributed by atoms with Crippen LogP contribution in [0.3, 0.4) is 0 Å². The molecular weight excluding hydrogens is 440 g/mol. The Labute approximate surface area is 211 Å². The van der Waals surface area contributed by atoms with E-state index in [0.29, 0.717) is 17.8 Å². The van der Waals surface area contributed by atoms with Crippen LogP contribution in [-0.2, 0) is 29.0 Å². The fourth-order valence-electron chi connectivity index (χ4n) is 5.99. The molecule has 1 saturated carbocycles. The molecule has 2 aromatic rings. The molecule has 2 aliphatic carbocycles. The van der Waals surface area contributed by atoms with E-state index in [9.17, 15) is 9.90 Å². The summed E-state index contributed by atoms with van der Waals surface area (Å²) in [4.78, 5) is 12.3. The van der Waals surface area contributed by atoms with Crippen molar-refractivity contribution in [1.82, 2.24) is 0 Å². The Kier molecular flexibility index (Phi) is 8.72. The molecule has 0 bridgehead atoms. The Morgan fingerprint density at radius 1 is 1.11 bits per heavy atom. The molecule has 35 heavy (non-hydrogen) atoms. The molecule has 0 heterocycles. The number of benzene rings is 2. The minimum atomic E-state index is -0.383. The van der Waals surface area contributed by atoms with Crippen LogP contribution in [0.25, 0.3) is 0 Å². The van der Waals surface area contributed by atoms with Crippen molar-refractivity contribution < 1.29 is 24.5 Å². The van der Waals surface area contributed by atoms with Gasteiger partial charge in [0.05, 0.1) is 12.2 Å². The molecule has 4 rings (SSSR count). The minimum absolute atomic E-state index is 0.0884. The largest absolute Gasteiger partial charge is 0.482 e. The molecular formula is C30H40O5. The normalized spacial score (nSPS) is 24.2. The minimum Gasteiger partial charge on any atom is -0.482 e. The quantitative estimate of drug-likeness (QED) is 0.302. The second kappa shape index (κ2) is 12.5. The zero-order chi connectivity index (χ0) is 25.3. The zero-order valence-corrected chi connectivity index (χ0v) is 20.9. The van der Waals surface area contributed by atoms with Crippen LogP contribution in [0.5, 0.6) is 5.75 Å². The Hall–Kier alpha value is -2.37. The smallest absolute Gasteiger partial charge is 0.344 e. The third-order valence-corrected chi connectivity index (χ3v) is 7.88. The number of carbonyl (C=O) groups is 1. The number of esters is 1. The van der Waals surface area contributed by atoms with E-state index in [1.54, 1.807) is 0 Å². The second-order valence-electron chi connectivity index (χ2n) is 10.3. The van der Waals surface area contributed by atoms with E-state index in [-0.39, 0.29) is 31.4 Å². The summed E-state index contributed by atoms with van der Waals surface area (Å²) in [7, 11) is 0. The maximum atomic E-state index is 12.3. The fourth-order valence-corrected chi connectivity index (χ4v) is 5.99. The van der Waals surface area contributed by atoms with Crippen LogP contribution < -0.4 is 4.74 Å². The van der Waals surface area contributed by atoms with Gasteiger partial charge in [0.2, 0.25) is 1.43 Å². The first kappa shape index (κ1) is 24.3. The molecule has 0 aliphatic heterocycles. The maximum absolute atomic E-state index is 12.3. The van der Waals surface area contributed by atoms with E-state index in [4.69, 9.17) is 16.0 Å². The Morgan fingerprint density at radius 3 is 2.77 bits per heavy atom. The van der Waals surface area contributed by atoms with Crippen molar-refractivity contribution >= 4 is 5.97 Å². The average Bonchev–Trinajstić information content (AvgIpc) is 3.25. The molecule has 2 aromatic carbocycles. The number of hydrogen-bond acceptors (Lipinski definition) is 5. The molecule has 5 atom stereocenters. The second-order valence-corrected chi connectivity index (χ2v) is 10.3. The van der Waals surface area contributed by atoms with E-state index in [2.05, 4.69) is 13.0 Å². The molecule has 0 saturated heterocycles. The monoisotopic (exact) mass is 482 g/mol. The number of aliphatic hydroxyl groups excluding tert-OH is 2. The summed E-state index contributed by atoms with van der Waals surface area (Å²) in [6.45, 7) is 2.30. The van der Waals surface area contributed by atoms with E-state index >= 15 is 0 Å². The summed E-state index contributed by atoms with van der Waals surface area (Å²) >= 11 is 0. The molecule has 2 aliphatic rings. The van der Waals surface area contributed by atoms with Crippen LogP contribution >= 0.6 is 0 Å². The van der Waals surface area contributed by atoms with Gasteiger partial charge < -0.3 is 19.7 Å². The summed E-state index contributed by atoms with van der Waals surface area (Å²) < 4.78 is 19.0. The summed E-state index contributed by atoms with van der Waals surface area (Å²) in [6, 6.07) is 15.7. The van der Waals surface area contributed by atoms with Crippen LogP contribution in [0.4, 0.5) is 0 Å². The highest BCUT2D eigenvalue weighted by Crippen LogP contribution is 2.48. The summed E-state index contributed by atoms with van der Waals surface area (Å²) in [5, 5.41) is 15.6. The van der Waals surface area contributed by atoms with Gasteiger partial charge in [0.25, 0.3) is 0 Å². The van der Waals surface area contributed by atoms with Crippen LogP contribution in [0.15, 0.2) is 48.5 Å². The molecule has 0 amide bonds. The number of fused-ring (bicyclic) bond motifs is 2. The predicted molar refractivity (Wildman–Crippen MR) is 136 cm³/mol. The predicted octanol–water partition coefficient (Wildman–Crippen LogP) is 5.24. The van der Waals surface area contributed by atoms with Crippen molar-refractivity contribution in [2.75, 3.05) is 6.61 Å². The average molecular weight is 483 g/mol. The molecule has 5 heteroatoms. The van der Waals surface area contributed by atoms with Crippen molar-refractivity contribution in [3.63, 3.8) is 0 Å². The van der Waals surface area contributed by atoms with E-state index < -0.39 is 0 Å². The van der Waals surface area contributed by atoms with Gasteiger partial charge in [-0.25, -0.2) is 4.79 Å². The van der Waals surface area contributed by atoms with Gasteiger partial charge in [0.1, 0.15) is 12.4 Å². The first-order chi connectivity index (χ1) is 17.6. The summed E-state index contributed by atoms with van der Waals surface area (Å²) in [5.74, 6) is 1.53. The van der Waals surface area contributed by atoms with E-state index in [1.807, 2.05) is 42.5 Å². The van der Waals surface area contributed by atoms with Crippen molar-refractivity contribution in [2.45, 2.75) is 83.5 Å². The van der Waals surface area contributed by atoms with Crippen molar-refractivity contribution in [3.05, 3.63) is 65.2 Å². The SMILES string of the molecule is [3H]OC1CC2Cc3c(cccc3OCC(=O)OCc3ccccc3)CC2C1CCC(O)CCCCC. The lowest BCUT2D eigenvalue weighted by atomic mass is 9.73. The molecule has 1 fully saturated rings. The fraction of sp³-hybridized carbons (Fsp3) is 0.567. The Morgan fingerprint density at radius 2 is 1.97 bits per heavy atom. The molecule has 2 N–H and O–H groups in total. The standard InChI is InChI=1S/C30H40O5/c1-2-3-5-12-24(31)14-15-25-26-16-22-11-8-13-29(27(22)17-23(26)18-28(25)32)34-20-30(33)35-19-21-9-6-4-7-10-21/h4,6-11,13,23-26,28,31-32H,2-3,5,12,14-20H2,1H3/i32T. The van der Waals surface area contributed by atoms with E-state index in [0.717, 1.165) is 69.1 Å². The molecule has 0 spiro atoms. The first-order valence-electron chi connectivity index (χ1n) is 13.7.